The third-order valence-electron chi connectivity index (χ3n) is 2.85. The van der Waals surface area contributed by atoms with E-state index < -0.39 is 0 Å². The molecular weight excluding hydrogens is 288 g/mol. The minimum Gasteiger partial charge on any atom is -0.349 e. The van der Waals surface area contributed by atoms with E-state index in [1.165, 1.54) is 0 Å². The fourth-order valence-electron chi connectivity index (χ4n) is 1.77. The SMILES string of the molecule is CCCN=C(NC(=O)Nc1c(C)cccc1C)N(C)C.Cl. The lowest BCUT2D eigenvalue weighted by atomic mass is 10.1. The van der Waals surface area contributed by atoms with Crippen LogP contribution in [0.3, 0.4) is 0 Å². The average Bonchev–Trinajstić information content (AvgIpc) is 2.38. The zero-order valence-electron chi connectivity index (χ0n) is 13.4. The molecule has 6 heteroatoms. The Morgan fingerprint density at radius 3 is 2.29 bits per heavy atom. The van der Waals surface area contributed by atoms with Crippen molar-refractivity contribution < 1.29 is 4.79 Å². The molecule has 0 unspecified atom stereocenters. The molecule has 0 saturated carbocycles. The normalized spacial score (nSPS) is 10.6. The quantitative estimate of drug-likeness (QED) is 0.665. The number of hydrogen-bond acceptors (Lipinski definition) is 2. The standard InChI is InChI=1S/C15H24N4O.ClH/c1-6-10-16-14(19(4)5)18-15(20)17-13-11(2)8-7-9-12(13)3;/h7-9H,6,10H2,1-5H3,(H2,16,17,18,20);1H. The lowest BCUT2D eigenvalue weighted by Gasteiger charge is -2.18. The predicted octanol–water partition coefficient (Wildman–Crippen LogP) is 3.17. The van der Waals surface area contributed by atoms with Crippen LogP contribution in [-0.4, -0.2) is 37.5 Å². The summed E-state index contributed by atoms with van der Waals surface area (Å²) in [5.41, 5.74) is 2.92. The molecule has 0 atom stereocenters. The summed E-state index contributed by atoms with van der Waals surface area (Å²) in [6.07, 6.45) is 0.942. The van der Waals surface area contributed by atoms with Crippen molar-refractivity contribution in [1.29, 1.82) is 0 Å². The lowest BCUT2D eigenvalue weighted by Crippen LogP contribution is -2.42. The number of para-hydroxylation sites is 1. The molecule has 0 spiro atoms. The monoisotopic (exact) mass is 312 g/mol. The van der Waals surface area contributed by atoms with Crippen LogP contribution in [0.4, 0.5) is 10.5 Å². The van der Waals surface area contributed by atoms with Crippen molar-refractivity contribution in [2.45, 2.75) is 27.2 Å². The van der Waals surface area contributed by atoms with E-state index in [0.29, 0.717) is 12.5 Å². The van der Waals surface area contributed by atoms with E-state index in [-0.39, 0.29) is 18.4 Å². The molecule has 0 aliphatic rings. The molecule has 0 heterocycles. The second-order valence-corrected chi connectivity index (χ2v) is 4.95. The van der Waals surface area contributed by atoms with Crippen LogP contribution in [0, 0.1) is 13.8 Å². The first-order valence-electron chi connectivity index (χ1n) is 6.81. The Hall–Kier alpha value is -1.75. The number of guanidine groups is 1. The lowest BCUT2D eigenvalue weighted by molar-refractivity contribution is 0.255. The van der Waals surface area contributed by atoms with Gasteiger partial charge in [-0.25, -0.2) is 4.79 Å². The number of nitrogens with zero attached hydrogens (tertiary/aromatic N) is 2. The number of nitrogens with one attached hydrogen (secondary N) is 2. The maximum atomic E-state index is 12.1. The summed E-state index contributed by atoms with van der Waals surface area (Å²) in [7, 11) is 3.71. The Labute approximate surface area is 133 Å². The summed E-state index contributed by atoms with van der Waals surface area (Å²) in [6.45, 7) is 6.69. The fraction of sp³-hybridized carbons (Fsp3) is 0.467. The van der Waals surface area contributed by atoms with Crippen molar-refractivity contribution in [3.05, 3.63) is 29.3 Å². The number of hydrogen-bond donors (Lipinski definition) is 2. The van der Waals surface area contributed by atoms with E-state index in [1.54, 1.807) is 4.90 Å². The summed E-state index contributed by atoms with van der Waals surface area (Å²) < 4.78 is 0. The van der Waals surface area contributed by atoms with Crippen molar-refractivity contribution in [3.8, 4) is 0 Å². The molecule has 0 aliphatic heterocycles. The van der Waals surface area contributed by atoms with Crippen molar-refractivity contribution in [2.24, 2.45) is 4.99 Å². The molecule has 0 aromatic heterocycles. The zero-order chi connectivity index (χ0) is 15.1. The highest BCUT2D eigenvalue weighted by atomic mass is 35.5. The molecule has 0 aliphatic carbocycles. The second kappa shape index (κ2) is 9.23. The Kier molecular flexibility index (Phi) is 8.47. The molecule has 0 saturated heterocycles. The van der Waals surface area contributed by atoms with Crippen LogP contribution in [0.5, 0.6) is 0 Å². The van der Waals surface area contributed by atoms with Gasteiger partial charge in [-0.15, -0.1) is 12.4 Å². The number of aryl methyl sites for hydroxylation is 2. The summed E-state index contributed by atoms with van der Waals surface area (Å²) in [5, 5.41) is 5.66. The Balaban J connectivity index is 0.00000400. The maximum absolute atomic E-state index is 12.1. The summed E-state index contributed by atoms with van der Waals surface area (Å²) in [5.74, 6) is 0.565. The van der Waals surface area contributed by atoms with Gasteiger partial charge < -0.3 is 10.2 Å². The predicted molar refractivity (Wildman–Crippen MR) is 91.6 cm³/mol. The molecule has 2 N–H and O–H groups in total. The van der Waals surface area contributed by atoms with Crippen LogP contribution < -0.4 is 10.6 Å². The van der Waals surface area contributed by atoms with Gasteiger partial charge in [-0.1, -0.05) is 25.1 Å². The van der Waals surface area contributed by atoms with E-state index in [0.717, 1.165) is 23.2 Å². The third-order valence-corrected chi connectivity index (χ3v) is 2.85. The average molecular weight is 313 g/mol. The van der Waals surface area contributed by atoms with Gasteiger partial charge in [0.05, 0.1) is 0 Å². The van der Waals surface area contributed by atoms with E-state index in [2.05, 4.69) is 15.6 Å². The topological polar surface area (TPSA) is 56.7 Å². The van der Waals surface area contributed by atoms with Gasteiger partial charge in [-0.3, -0.25) is 10.3 Å². The van der Waals surface area contributed by atoms with E-state index >= 15 is 0 Å². The van der Waals surface area contributed by atoms with Gasteiger partial charge in [0.2, 0.25) is 5.96 Å². The third kappa shape index (κ3) is 6.04. The molecule has 0 fully saturated rings. The van der Waals surface area contributed by atoms with Crippen LogP contribution in [0.2, 0.25) is 0 Å². The van der Waals surface area contributed by atoms with Crippen molar-refractivity contribution in [2.75, 3.05) is 26.0 Å². The van der Waals surface area contributed by atoms with Gasteiger partial charge in [0.25, 0.3) is 0 Å². The zero-order valence-corrected chi connectivity index (χ0v) is 14.2. The number of urea groups is 1. The van der Waals surface area contributed by atoms with Crippen LogP contribution in [-0.2, 0) is 0 Å². The molecule has 1 rings (SSSR count). The Morgan fingerprint density at radius 1 is 1.24 bits per heavy atom. The van der Waals surface area contributed by atoms with Crippen LogP contribution in [0.15, 0.2) is 23.2 Å². The molecule has 5 nitrogen and oxygen atoms in total. The van der Waals surface area contributed by atoms with Gasteiger partial charge in [0.1, 0.15) is 0 Å². The molecule has 1 aromatic rings. The molecule has 1 aromatic carbocycles. The first-order valence-corrected chi connectivity index (χ1v) is 6.81. The molecule has 21 heavy (non-hydrogen) atoms. The minimum absolute atomic E-state index is 0. The number of anilines is 1. The van der Waals surface area contributed by atoms with Crippen LogP contribution in [0.25, 0.3) is 0 Å². The summed E-state index contributed by atoms with van der Waals surface area (Å²) in [6, 6.07) is 5.65. The van der Waals surface area contributed by atoms with Crippen LogP contribution in [0.1, 0.15) is 24.5 Å². The minimum atomic E-state index is -0.272. The number of halogens is 1. The van der Waals surface area contributed by atoms with Crippen LogP contribution >= 0.6 is 12.4 Å². The highest BCUT2D eigenvalue weighted by Crippen LogP contribution is 2.18. The smallest absolute Gasteiger partial charge is 0.326 e. The number of carbonyl (C=O) groups excluding carboxylic acids is 1. The number of rotatable bonds is 3. The molecule has 0 radical (unpaired) electrons. The van der Waals surface area contributed by atoms with Gasteiger partial charge in [0.15, 0.2) is 0 Å². The maximum Gasteiger partial charge on any atom is 0.326 e. The molecule has 2 amide bonds. The van der Waals surface area contributed by atoms with Gasteiger partial charge >= 0.3 is 6.03 Å². The Bertz CT molecular complexity index is 480. The summed E-state index contributed by atoms with van der Waals surface area (Å²) >= 11 is 0. The first-order chi connectivity index (χ1) is 9.45. The molecular formula is C15H25ClN4O. The Morgan fingerprint density at radius 2 is 1.81 bits per heavy atom. The fourth-order valence-corrected chi connectivity index (χ4v) is 1.77. The van der Waals surface area contributed by atoms with Crippen molar-refractivity contribution in [1.82, 2.24) is 10.2 Å². The van der Waals surface area contributed by atoms with Crippen molar-refractivity contribution >= 4 is 30.1 Å². The van der Waals surface area contributed by atoms with Gasteiger partial charge in [-0.2, -0.15) is 0 Å². The highest BCUT2D eigenvalue weighted by Gasteiger charge is 2.10. The first kappa shape index (κ1) is 19.2. The van der Waals surface area contributed by atoms with E-state index in [1.807, 2.05) is 53.1 Å². The summed E-state index contributed by atoms with van der Waals surface area (Å²) in [4.78, 5) is 18.2. The number of amides is 2. The van der Waals surface area contributed by atoms with Gasteiger partial charge in [0, 0.05) is 26.3 Å². The van der Waals surface area contributed by atoms with Crippen molar-refractivity contribution in [3.63, 3.8) is 0 Å². The van der Waals surface area contributed by atoms with E-state index in [4.69, 9.17) is 0 Å². The molecule has 118 valence electrons. The number of carbonyl (C=O) groups is 1. The number of benzene rings is 1. The van der Waals surface area contributed by atoms with Gasteiger partial charge in [-0.05, 0) is 31.4 Å². The van der Waals surface area contributed by atoms with E-state index in [9.17, 15) is 4.79 Å². The molecule has 0 bridgehead atoms. The second-order valence-electron chi connectivity index (χ2n) is 4.95. The largest absolute Gasteiger partial charge is 0.349 e. The number of aliphatic imine (C=N–C) groups is 1. The highest BCUT2D eigenvalue weighted by molar-refractivity contribution is 6.02.